The van der Waals surface area contributed by atoms with E-state index in [1.165, 1.54) is 5.56 Å². The molecule has 1 N–H and O–H groups in total. The van der Waals surface area contributed by atoms with Gasteiger partial charge in [0.2, 0.25) is 0 Å². The number of anilines is 1. The van der Waals surface area contributed by atoms with Crippen LogP contribution in [0.15, 0.2) is 79.4 Å². The molecule has 40 heavy (non-hydrogen) atoms. The molecular weight excluding hydrogens is 581 g/mol. The van der Waals surface area contributed by atoms with Crippen molar-refractivity contribution in [1.82, 2.24) is 25.0 Å². The third-order valence-electron chi connectivity index (χ3n) is 6.80. The number of hydrogen-bond acceptors (Lipinski definition) is 6. The summed E-state index contributed by atoms with van der Waals surface area (Å²) in [6.07, 6.45) is 8.21. The molecule has 0 spiro atoms. The van der Waals surface area contributed by atoms with Gasteiger partial charge in [-0.15, -0.1) is 0 Å². The van der Waals surface area contributed by atoms with E-state index in [9.17, 15) is 5.26 Å². The van der Waals surface area contributed by atoms with Crippen LogP contribution < -0.4 is 9.67 Å². The zero-order valence-electron chi connectivity index (χ0n) is 22.9. The molecule has 0 aliphatic carbocycles. The minimum atomic E-state index is -0.753. The van der Waals surface area contributed by atoms with Gasteiger partial charge in [0.1, 0.15) is 0 Å². The summed E-state index contributed by atoms with van der Waals surface area (Å²) >= 11 is 6.09. The van der Waals surface area contributed by atoms with Crippen molar-refractivity contribution in [2.24, 2.45) is 0 Å². The molecule has 3 atom stereocenters. The Morgan fingerprint density at radius 2 is 1.85 bits per heavy atom. The number of nitriles is 1. The van der Waals surface area contributed by atoms with Gasteiger partial charge < -0.3 is 0 Å². The molecule has 2 aromatic carbocycles. The molecule has 7 nitrogen and oxygen atoms in total. The van der Waals surface area contributed by atoms with E-state index in [2.05, 4.69) is 89.7 Å². The topological polar surface area (TPSA) is 92.3 Å². The van der Waals surface area contributed by atoms with Crippen LogP contribution in [0.25, 0.3) is 10.9 Å². The monoisotopic (exact) mass is 611 g/mol. The molecule has 0 aliphatic heterocycles. The fourth-order valence-corrected chi connectivity index (χ4v) is 8.13. The van der Waals surface area contributed by atoms with Crippen molar-refractivity contribution in [2.75, 3.05) is 5.32 Å². The summed E-state index contributed by atoms with van der Waals surface area (Å²) in [5, 5.41) is 24.0. The molecule has 0 bridgehead atoms. The number of rotatable bonds is 8. The molecule has 3 unspecified atom stereocenters. The Morgan fingerprint density at radius 1 is 1.07 bits per heavy atom. The molecule has 0 saturated heterocycles. The van der Waals surface area contributed by atoms with Crippen molar-refractivity contribution < 1.29 is 0 Å². The number of nitrogens with one attached hydrogen (secondary N) is 1. The van der Waals surface area contributed by atoms with Crippen molar-refractivity contribution in [1.29, 1.82) is 5.26 Å². The minimum absolute atomic E-state index is 0.204. The van der Waals surface area contributed by atoms with Crippen LogP contribution in [0.5, 0.6) is 0 Å². The van der Waals surface area contributed by atoms with Gasteiger partial charge in [0.15, 0.2) is 0 Å². The van der Waals surface area contributed by atoms with Crippen LogP contribution in [-0.4, -0.2) is 40.7 Å². The number of halogens is 1. The first-order valence-corrected chi connectivity index (χ1v) is 15.9. The van der Waals surface area contributed by atoms with Crippen molar-refractivity contribution in [3.8, 4) is 6.07 Å². The van der Waals surface area contributed by atoms with Crippen LogP contribution >= 0.6 is 11.6 Å². The van der Waals surface area contributed by atoms with E-state index in [0.717, 1.165) is 33.1 Å². The summed E-state index contributed by atoms with van der Waals surface area (Å²) in [5.41, 5.74) is 4.96. The van der Waals surface area contributed by atoms with Gasteiger partial charge >= 0.3 is 247 Å². The van der Waals surface area contributed by atoms with Gasteiger partial charge in [-0.05, 0) is 0 Å². The summed E-state index contributed by atoms with van der Waals surface area (Å²) in [6.45, 7) is 8.47. The van der Waals surface area contributed by atoms with Gasteiger partial charge in [-0.3, -0.25) is 0 Å². The van der Waals surface area contributed by atoms with Gasteiger partial charge in [0.25, 0.3) is 0 Å². The van der Waals surface area contributed by atoms with Gasteiger partial charge in [0, 0.05) is 0 Å². The second-order valence-electron chi connectivity index (χ2n) is 10.7. The molecular formula is C31H31AsClN7. The molecule has 202 valence electrons. The molecule has 3 aromatic heterocycles. The van der Waals surface area contributed by atoms with E-state index in [4.69, 9.17) is 11.6 Å². The molecule has 0 saturated carbocycles. The van der Waals surface area contributed by atoms with Crippen LogP contribution in [0, 0.1) is 11.3 Å². The van der Waals surface area contributed by atoms with E-state index in [1.54, 1.807) is 12.4 Å². The molecule has 5 rings (SSSR count). The average molecular weight is 612 g/mol. The van der Waals surface area contributed by atoms with Crippen molar-refractivity contribution in [3.05, 3.63) is 107 Å². The second-order valence-corrected chi connectivity index (χ2v) is 14.2. The van der Waals surface area contributed by atoms with Crippen molar-refractivity contribution >= 4 is 48.3 Å². The van der Waals surface area contributed by atoms with Crippen LogP contribution in [0.1, 0.15) is 67.2 Å². The van der Waals surface area contributed by atoms with E-state index < -0.39 is 15.8 Å². The molecule has 0 amide bonds. The van der Waals surface area contributed by atoms with Crippen LogP contribution in [0.3, 0.4) is 0 Å². The quantitative estimate of drug-likeness (QED) is 0.219. The van der Waals surface area contributed by atoms with Gasteiger partial charge in [0.05, 0.1) is 0 Å². The fourth-order valence-electron chi connectivity index (χ4n) is 4.64. The van der Waals surface area contributed by atoms with Crippen LogP contribution in [-0.2, 0) is 5.54 Å². The van der Waals surface area contributed by atoms with Gasteiger partial charge in [-0.2, -0.15) is 0 Å². The first kappa shape index (κ1) is 27.8. The maximum absolute atomic E-state index is 10.0. The summed E-state index contributed by atoms with van der Waals surface area (Å²) in [5.74, 6) is 0. The molecule has 9 heteroatoms. The number of hydrogen-bond donors (Lipinski definition) is 1. The summed E-state index contributed by atoms with van der Waals surface area (Å²) in [6, 6.07) is 20.5. The molecule has 0 radical (unpaired) electrons. The fraction of sp³-hybridized carbons (Fsp3) is 0.258. The van der Waals surface area contributed by atoms with Crippen molar-refractivity contribution in [2.45, 2.75) is 50.4 Å². The predicted molar refractivity (Wildman–Crippen MR) is 162 cm³/mol. The van der Waals surface area contributed by atoms with Crippen molar-refractivity contribution in [3.63, 3.8) is 0 Å². The molecule has 3 heterocycles. The first-order valence-electron chi connectivity index (χ1n) is 13.2. The number of benzene rings is 2. The van der Waals surface area contributed by atoms with Gasteiger partial charge in [-0.25, -0.2) is 0 Å². The first-order chi connectivity index (χ1) is 19.3. The molecule has 5 aromatic rings. The maximum atomic E-state index is 10.0. The van der Waals surface area contributed by atoms with E-state index in [-0.39, 0.29) is 11.6 Å². The Labute approximate surface area is 246 Å². The second kappa shape index (κ2) is 11.8. The predicted octanol–water partition coefficient (Wildman–Crippen LogP) is 5.92. The Balaban J connectivity index is 1.60. The number of nitrogens with zero attached hydrogens (tertiary/aromatic N) is 6. The summed E-state index contributed by atoms with van der Waals surface area (Å²) in [7, 11) is 0. The van der Waals surface area contributed by atoms with Crippen LogP contribution in [0.4, 0.5) is 5.69 Å². The third-order valence-corrected chi connectivity index (χ3v) is 11.1. The summed E-state index contributed by atoms with van der Waals surface area (Å²) < 4.78 is 3.32. The number of pyridine rings is 2. The zero-order chi connectivity index (χ0) is 28.3. The number of aromatic nitrogens is 5. The number of fused-ring (bicyclic) bond motifs is 1. The Hall–Kier alpha value is -3.72. The SMILES string of the molecule is CCC([AsH]c1c(C#N)cnc2c(Cl)cc(NC(c3cccnc3)c3cn(C(C)(C)C)nn3)cc12)c1ccccc1. The third kappa shape index (κ3) is 5.89. The normalized spacial score (nSPS) is 13.4. The van der Waals surface area contributed by atoms with Gasteiger partial charge in [-0.1, -0.05) is 0 Å². The Bertz CT molecular complexity index is 1660. The standard InChI is InChI=1S/C31H31AsClN7/c1-5-25(20-10-7-6-8-11-20)32-28-22(16-34)18-36-30-24(28)14-23(15-26(30)33)37-29(21-12-9-13-35-17-21)27-19-40(39-38-27)31(2,3)4/h6-15,17-19,25,29,32,37H,5H2,1-4H3. The molecule has 0 aliphatic rings. The van der Waals surface area contributed by atoms with E-state index >= 15 is 0 Å². The van der Waals surface area contributed by atoms with E-state index in [1.807, 2.05) is 41.3 Å². The molecule has 0 fully saturated rings. The summed E-state index contributed by atoms with van der Waals surface area (Å²) in [4.78, 5) is 8.93. The zero-order valence-corrected chi connectivity index (χ0v) is 25.8. The Morgan fingerprint density at radius 3 is 2.50 bits per heavy atom. The van der Waals surface area contributed by atoms with E-state index in [0.29, 0.717) is 20.8 Å². The van der Waals surface area contributed by atoms with Crippen LogP contribution in [0.2, 0.25) is 5.02 Å². The average Bonchev–Trinajstić information content (AvgIpc) is 3.46. The Kier molecular flexibility index (Phi) is 8.21.